The molecule has 8 aromatic carbocycles. The van der Waals surface area contributed by atoms with Gasteiger partial charge in [-0.15, -0.1) is 0 Å². The van der Waals surface area contributed by atoms with Gasteiger partial charge in [0.2, 0.25) is 0 Å². The lowest BCUT2D eigenvalue weighted by atomic mass is 9.88. The number of hydrogen-bond donors (Lipinski definition) is 0. The van der Waals surface area contributed by atoms with E-state index in [4.69, 9.17) is 0 Å². The van der Waals surface area contributed by atoms with Crippen molar-refractivity contribution >= 4 is 55.7 Å². The van der Waals surface area contributed by atoms with Crippen LogP contribution in [0, 0.1) is 41.5 Å². The number of fused-ring (bicyclic) bond motifs is 2. The van der Waals surface area contributed by atoms with Crippen molar-refractivity contribution in [1.82, 2.24) is 0 Å². The lowest BCUT2D eigenvalue weighted by Crippen LogP contribution is -2.13. The molecule has 52 heavy (non-hydrogen) atoms. The first-order valence-corrected chi connectivity index (χ1v) is 18.2. The quantitative estimate of drug-likeness (QED) is 0.166. The number of benzene rings is 8. The second-order valence-electron chi connectivity index (χ2n) is 14.3. The highest BCUT2D eigenvalue weighted by atomic mass is 15.2. The summed E-state index contributed by atoms with van der Waals surface area (Å²) in [6.07, 6.45) is 0. The molecule has 0 radical (unpaired) electrons. The highest BCUT2D eigenvalue weighted by Crippen LogP contribution is 2.48. The molecule has 0 spiro atoms. The SMILES string of the molecule is Cc1ccc(N(c2ccc(C)cc2)c2c(C)cc(-c3cc(C)c(N(c4ccc(C)cc4)c4ccc(C)cc4)c4ccccc34)c3ccccc23)cc1. The van der Waals surface area contributed by atoms with E-state index in [1.54, 1.807) is 0 Å². The van der Waals surface area contributed by atoms with Gasteiger partial charge in [-0.2, -0.15) is 0 Å². The number of hydrogen-bond acceptors (Lipinski definition) is 2. The fourth-order valence-electron chi connectivity index (χ4n) is 7.63. The van der Waals surface area contributed by atoms with E-state index >= 15 is 0 Å². The molecule has 254 valence electrons. The van der Waals surface area contributed by atoms with Crippen LogP contribution in [0.5, 0.6) is 0 Å². The maximum atomic E-state index is 2.42. The fourth-order valence-corrected chi connectivity index (χ4v) is 7.63. The summed E-state index contributed by atoms with van der Waals surface area (Å²) >= 11 is 0. The van der Waals surface area contributed by atoms with Crippen molar-refractivity contribution in [1.29, 1.82) is 0 Å². The molecule has 0 atom stereocenters. The molecule has 0 N–H and O–H groups in total. The molecule has 2 heteroatoms. The van der Waals surface area contributed by atoms with Gasteiger partial charge in [0.1, 0.15) is 0 Å². The van der Waals surface area contributed by atoms with Crippen LogP contribution in [-0.4, -0.2) is 0 Å². The van der Waals surface area contributed by atoms with E-state index in [2.05, 4.69) is 209 Å². The normalized spacial score (nSPS) is 11.3. The molecule has 8 aromatic rings. The zero-order chi connectivity index (χ0) is 35.9. The third-order valence-electron chi connectivity index (χ3n) is 10.3. The van der Waals surface area contributed by atoms with E-state index < -0.39 is 0 Å². The van der Waals surface area contributed by atoms with Crippen LogP contribution in [0.2, 0.25) is 0 Å². The Bertz CT molecular complexity index is 2270. The summed E-state index contributed by atoms with van der Waals surface area (Å²) in [7, 11) is 0. The minimum absolute atomic E-state index is 1.15. The van der Waals surface area contributed by atoms with Crippen LogP contribution in [0.1, 0.15) is 33.4 Å². The maximum Gasteiger partial charge on any atom is 0.0569 e. The molecular formula is C50H44N2. The summed E-state index contributed by atoms with van der Waals surface area (Å²) in [5.41, 5.74) is 16.9. The molecule has 0 fully saturated rings. The number of anilines is 6. The van der Waals surface area contributed by atoms with Crippen LogP contribution in [0.25, 0.3) is 32.7 Å². The Morgan fingerprint density at radius 2 is 0.538 bits per heavy atom. The second kappa shape index (κ2) is 13.5. The molecular weight excluding hydrogens is 629 g/mol. The molecule has 0 bridgehead atoms. The summed E-state index contributed by atoms with van der Waals surface area (Å²) in [4.78, 5) is 4.85. The summed E-state index contributed by atoms with van der Waals surface area (Å²) < 4.78 is 0. The molecule has 0 aromatic heterocycles. The Morgan fingerprint density at radius 3 is 0.808 bits per heavy atom. The van der Waals surface area contributed by atoms with Crippen molar-refractivity contribution in [3.8, 4) is 11.1 Å². The van der Waals surface area contributed by atoms with Crippen LogP contribution in [0.15, 0.2) is 158 Å². The standard InChI is InChI=1S/C50H44N2/c1-33-15-23-39(24-16-33)51(40-25-17-34(2)18-26-40)49-37(5)31-47(43-11-7-9-13-45(43)49)48-32-38(6)50(46-14-10-8-12-44(46)48)52(41-27-19-35(3)20-28-41)42-29-21-36(4)22-30-42/h7-32H,1-6H3. The van der Waals surface area contributed by atoms with Crippen molar-refractivity contribution in [2.24, 2.45) is 0 Å². The van der Waals surface area contributed by atoms with E-state index in [0.29, 0.717) is 0 Å². The minimum atomic E-state index is 1.15. The van der Waals surface area contributed by atoms with Crippen LogP contribution < -0.4 is 9.80 Å². The van der Waals surface area contributed by atoms with Crippen LogP contribution in [0.4, 0.5) is 34.1 Å². The molecule has 2 nitrogen and oxygen atoms in total. The van der Waals surface area contributed by atoms with Crippen LogP contribution in [0.3, 0.4) is 0 Å². The molecule has 0 unspecified atom stereocenters. The molecule has 0 saturated heterocycles. The van der Waals surface area contributed by atoms with Crippen molar-refractivity contribution in [3.63, 3.8) is 0 Å². The summed E-state index contributed by atoms with van der Waals surface area (Å²) in [6, 6.07) is 58.2. The first kappa shape index (κ1) is 33.0. The van der Waals surface area contributed by atoms with Gasteiger partial charge in [-0.25, -0.2) is 0 Å². The summed E-state index contributed by atoms with van der Waals surface area (Å²) in [5, 5.41) is 4.92. The van der Waals surface area contributed by atoms with E-state index in [0.717, 1.165) is 22.7 Å². The van der Waals surface area contributed by atoms with Gasteiger partial charge in [0.15, 0.2) is 0 Å². The minimum Gasteiger partial charge on any atom is -0.310 e. The van der Waals surface area contributed by atoms with Crippen molar-refractivity contribution in [3.05, 3.63) is 191 Å². The van der Waals surface area contributed by atoms with Crippen molar-refractivity contribution in [2.75, 3.05) is 9.80 Å². The largest absolute Gasteiger partial charge is 0.310 e. The first-order chi connectivity index (χ1) is 25.3. The zero-order valence-corrected chi connectivity index (χ0v) is 30.9. The lowest BCUT2D eigenvalue weighted by Gasteiger charge is -2.31. The van der Waals surface area contributed by atoms with Gasteiger partial charge in [0.25, 0.3) is 0 Å². The van der Waals surface area contributed by atoms with Gasteiger partial charge in [-0.05, 0) is 135 Å². The lowest BCUT2D eigenvalue weighted by molar-refractivity contribution is 1.25. The number of rotatable bonds is 7. The van der Waals surface area contributed by atoms with E-state index in [9.17, 15) is 0 Å². The molecule has 0 aliphatic heterocycles. The average Bonchev–Trinajstić information content (AvgIpc) is 3.16. The average molecular weight is 673 g/mol. The van der Waals surface area contributed by atoms with Crippen molar-refractivity contribution in [2.45, 2.75) is 41.5 Å². The summed E-state index contributed by atoms with van der Waals surface area (Å²) in [6.45, 7) is 13.1. The zero-order valence-electron chi connectivity index (χ0n) is 30.9. The maximum absolute atomic E-state index is 2.42. The first-order valence-electron chi connectivity index (χ1n) is 18.2. The highest BCUT2D eigenvalue weighted by molar-refractivity contribution is 6.14. The van der Waals surface area contributed by atoms with Crippen molar-refractivity contribution < 1.29 is 0 Å². The van der Waals surface area contributed by atoms with E-state index in [1.165, 1.54) is 77.4 Å². The molecule has 0 aliphatic rings. The Kier molecular flexibility index (Phi) is 8.61. The van der Waals surface area contributed by atoms with Gasteiger partial charge in [0.05, 0.1) is 11.4 Å². The van der Waals surface area contributed by atoms with Gasteiger partial charge in [0, 0.05) is 33.5 Å². The number of nitrogens with zero attached hydrogens (tertiary/aromatic N) is 2. The Labute approximate surface area is 308 Å². The second-order valence-corrected chi connectivity index (χ2v) is 14.3. The highest BCUT2D eigenvalue weighted by Gasteiger charge is 2.23. The van der Waals surface area contributed by atoms with Gasteiger partial charge in [-0.3, -0.25) is 0 Å². The van der Waals surface area contributed by atoms with E-state index in [1.807, 2.05) is 0 Å². The van der Waals surface area contributed by atoms with Crippen LogP contribution >= 0.6 is 0 Å². The topological polar surface area (TPSA) is 6.48 Å². The Morgan fingerprint density at radius 1 is 0.288 bits per heavy atom. The smallest absolute Gasteiger partial charge is 0.0569 e. The molecule has 0 amide bonds. The van der Waals surface area contributed by atoms with Crippen LogP contribution in [-0.2, 0) is 0 Å². The predicted molar refractivity (Wildman–Crippen MR) is 225 cm³/mol. The van der Waals surface area contributed by atoms with Gasteiger partial charge >= 0.3 is 0 Å². The third kappa shape index (κ3) is 6.01. The van der Waals surface area contributed by atoms with Gasteiger partial charge in [-0.1, -0.05) is 119 Å². The molecule has 8 rings (SSSR count). The number of aryl methyl sites for hydroxylation is 6. The Hall–Kier alpha value is -6.12. The Balaban J connectivity index is 1.37. The fraction of sp³-hybridized carbons (Fsp3) is 0.120. The van der Waals surface area contributed by atoms with Gasteiger partial charge < -0.3 is 9.80 Å². The third-order valence-corrected chi connectivity index (χ3v) is 10.3. The molecule has 0 heterocycles. The summed E-state index contributed by atoms with van der Waals surface area (Å²) in [5.74, 6) is 0. The van der Waals surface area contributed by atoms with E-state index in [-0.39, 0.29) is 0 Å². The molecule has 0 saturated carbocycles. The molecule has 0 aliphatic carbocycles. The monoisotopic (exact) mass is 672 g/mol. The predicted octanol–water partition coefficient (Wildman–Crippen LogP) is 14.5.